The minimum absolute atomic E-state index is 0.353. The van der Waals surface area contributed by atoms with Crippen LogP contribution in [0, 0.1) is 5.92 Å². The van der Waals surface area contributed by atoms with Crippen LogP contribution in [0.25, 0.3) is 0 Å². The fourth-order valence-corrected chi connectivity index (χ4v) is 3.50. The molecule has 0 spiro atoms. The van der Waals surface area contributed by atoms with Gasteiger partial charge in [-0.1, -0.05) is 6.92 Å². The Kier molecular flexibility index (Phi) is 4.17. The van der Waals surface area contributed by atoms with Crippen LogP contribution in [0.3, 0.4) is 0 Å². The number of hydrogen-bond donors (Lipinski definition) is 1. The van der Waals surface area contributed by atoms with Gasteiger partial charge >= 0.3 is 0 Å². The maximum atomic E-state index is 6.34. The third kappa shape index (κ3) is 2.94. The molecule has 2 heterocycles. The molecule has 1 saturated heterocycles. The van der Waals surface area contributed by atoms with E-state index in [4.69, 9.17) is 5.73 Å². The minimum atomic E-state index is 0.353. The molecule has 3 atom stereocenters. The molecule has 2 fully saturated rings. The van der Waals surface area contributed by atoms with Crippen molar-refractivity contribution in [1.82, 2.24) is 14.9 Å². The smallest absolute Gasteiger partial charge is 0.225 e. The average Bonchev–Trinajstić information content (AvgIpc) is 2.51. The molecule has 1 aromatic heterocycles. The molecule has 110 valence electrons. The first kappa shape index (κ1) is 13.8. The fraction of sp³-hybridized carbons (Fsp3) is 0.733. The summed E-state index contributed by atoms with van der Waals surface area (Å²) in [7, 11) is 0. The fourth-order valence-electron chi connectivity index (χ4n) is 3.50. The van der Waals surface area contributed by atoms with Gasteiger partial charge in [-0.15, -0.1) is 0 Å². The SMILES string of the molecule is CC1CCC(N)C(N2CCN(c3ncccn3)CC2)C1. The molecule has 0 amide bonds. The third-order valence-corrected chi connectivity index (χ3v) is 4.75. The Bertz CT molecular complexity index is 416. The second-order valence-corrected chi connectivity index (χ2v) is 6.22. The highest BCUT2D eigenvalue weighted by Gasteiger charge is 2.32. The van der Waals surface area contributed by atoms with E-state index in [0.717, 1.165) is 38.0 Å². The summed E-state index contributed by atoms with van der Waals surface area (Å²) in [6.45, 7) is 6.50. The van der Waals surface area contributed by atoms with Crippen LogP contribution >= 0.6 is 0 Å². The first-order chi connectivity index (χ1) is 9.74. The standard InChI is InChI=1S/C15H25N5/c1-12-3-4-13(16)14(11-12)19-7-9-20(10-8-19)15-17-5-2-6-18-15/h2,5-6,12-14H,3-4,7-11,16H2,1H3. The molecule has 0 aromatic carbocycles. The lowest BCUT2D eigenvalue weighted by molar-refractivity contribution is 0.109. The summed E-state index contributed by atoms with van der Waals surface area (Å²) in [6, 6.07) is 2.78. The van der Waals surface area contributed by atoms with Gasteiger partial charge in [-0.2, -0.15) is 0 Å². The van der Waals surface area contributed by atoms with Crippen molar-refractivity contribution >= 4 is 5.95 Å². The van der Waals surface area contributed by atoms with Gasteiger partial charge in [-0.05, 0) is 31.2 Å². The zero-order chi connectivity index (χ0) is 13.9. The van der Waals surface area contributed by atoms with Crippen molar-refractivity contribution in [2.45, 2.75) is 38.3 Å². The van der Waals surface area contributed by atoms with Gasteiger partial charge in [0.2, 0.25) is 5.95 Å². The summed E-state index contributed by atoms with van der Waals surface area (Å²) in [5, 5.41) is 0. The Morgan fingerprint density at radius 1 is 1.10 bits per heavy atom. The van der Waals surface area contributed by atoms with E-state index in [1.165, 1.54) is 19.3 Å². The molecule has 20 heavy (non-hydrogen) atoms. The van der Waals surface area contributed by atoms with Crippen LogP contribution in [0.15, 0.2) is 18.5 Å². The predicted molar refractivity (Wildman–Crippen MR) is 80.6 cm³/mol. The molecule has 0 bridgehead atoms. The number of nitrogens with zero attached hydrogens (tertiary/aromatic N) is 4. The molecule has 5 heteroatoms. The first-order valence-electron chi connectivity index (χ1n) is 7.75. The zero-order valence-corrected chi connectivity index (χ0v) is 12.3. The van der Waals surface area contributed by atoms with E-state index in [1.807, 2.05) is 18.5 Å². The number of hydrogen-bond acceptors (Lipinski definition) is 5. The van der Waals surface area contributed by atoms with Gasteiger partial charge < -0.3 is 10.6 Å². The maximum absolute atomic E-state index is 6.34. The van der Waals surface area contributed by atoms with Gasteiger partial charge in [0.15, 0.2) is 0 Å². The van der Waals surface area contributed by atoms with Crippen molar-refractivity contribution in [2.75, 3.05) is 31.1 Å². The monoisotopic (exact) mass is 275 g/mol. The van der Waals surface area contributed by atoms with Crippen LogP contribution in [0.1, 0.15) is 26.2 Å². The van der Waals surface area contributed by atoms with Gasteiger partial charge in [0.25, 0.3) is 0 Å². The van der Waals surface area contributed by atoms with E-state index in [1.54, 1.807) is 0 Å². The van der Waals surface area contributed by atoms with Crippen LogP contribution in [0.5, 0.6) is 0 Å². The van der Waals surface area contributed by atoms with Crippen LogP contribution in [0.2, 0.25) is 0 Å². The van der Waals surface area contributed by atoms with E-state index < -0.39 is 0 Å². The van der Waals surface area contributed by atoms with Crippen LogP contribution in [-0.4, -0.2) is 53.1 Å². The zero-order valence-electron chi connectivity index (χ0n) is 12.3. The number of aromatic nitrogens is 2. The largest absolute Gasteiger partial charge is 0.338 e. The Balaban J connectivity index is 1.58. The Morgan fingerprint density at radius 3 is 2.50 bits per heavy atom. The number of rotatable bonds is 2. The molecule has 1 aliphatic heterocycles. The second kappa shape index (κ2) is 6.06. The molecule has 2 aliphatic rings. The number of nitrogens with two attached hydrogens (primary N) is 1. The van der Waals surface area contributed by atoms with Crippen LogP contribution in [0.4, 0.5) is 5.95 Å². The molecule has 5 nitrogen and oxygen atoms in total. The van der Waals surface area contributed by atoms with Gasteiger partial charge in [0, 0.05) is 50.7 Å². The predicted octanol–water partition coefficient (Wildman–Crippen LogP) is 1.11. The van der Waals surface area contributed by atoms with Crippen molar-refractivity contribution in [2.24, 2.45) is 11.7 Å². The third-order valence-electron chi connectivity index (χ3n) is 4.75. The van der Waals surface area contributed by atoms with Crippen molar-refractivity contribution in [3.8, 4) is 0 Å². The molecule has 1 saturated carbocycles. The van der Waals surface area contributed by atoms with E-state index in [9.17, 15) is 0 Å². The van der Waals surface area contributed by atoms with E-state index >= 15 is 0 Å². The van der Waals surface area contributed by atoms with E-state index in [0.29, 0.717) is 12.1 Å². The quantitative estimate of drug-likeness (QED) is 0.876. The molecule has 3 rings (SSSR count). The highest BCUT2D eigenvalue weighted by Crippen LogP contribution is 2.27. The summed E-state index contributed by atoms with van der Waals surface area (Å²) in [5.74, 6) is 1.67. The molecule has 0 radical (unpaired) electrons. The summed E-state index contributed by atoms with van der Waals surface area (Å²) in [5.41, 5.74) is 6.34. The van der Waals surface area contributed by atoms with Crippen molar-refractivity contribution < 1.29 is 0 Å². The van der Waals surface area contributed by atoms with Crippen molar-refractivity contribution in [3.05, 3.63) is 18.5 Å². The summed E-state index contributed by atoms with van der Waals surface area (Å²) >= 11 is 0. The van der Waals surface area contributed by atoms with Gasteiger partial charge in [0.1, 0.15) is 0 Å². The normalized spacial score (nSPS) is 32.3. The molecule has 3 unspecified atom stereocenters. The van der Waals surface area contributed by atoms with Crippen LogP contribution < -0.4 is 10.6 Å². The molecular formula is C15H25N5. The maximum Gasteiger partial charge on any atom is 0.225 e. The Morgan fingerprint density at radius 2 is 1.80 bits per heavy atom. The van der Waals surface area contributed by atoms with Gasteiger partial charge in [-0.3, -0.25) is 4.90 Å². The summed E-state index contributed by atoms with van der Waals surface area (Å²) in [4.78, 5) is 13.5. The molecule has 1 aliphatic carbocycles. The molecule has 1 aromatic rings. The topological polar surface area (TPSA) is 58.3 Å². The minimum Gasteiger partial charge on any atom is -0.338 e. The van der Waals surface area contributed by atoms with Crippen molar-refractivity contribution in [3.63, 3.8) is 0 Å². The van der Waals surface area contributed by atoms with Crippen LogP contribution in [-0.2, 0) is 0 Å². The Hall–Kier alpha value is -1.20. The number of anilines is 1. The Labute approximate surface area is 121 Å². The second-order valence-electron chi connectivity index (χ2n) is 6.22. The lowest BCUT2D eigenvalue weighted by atomic mass is 9.83. The van der Waals surface area contributed by atoms with Gasteiger partial charge in [-0.25, -0.2) is 9.97 Å². The van der Waals surface area contributed by atoms with Gasteiger partial charge in [0.05, 0.1) is 0 Å². The highest BCUT2D eigenvalue weighted by atomic mass is 15.3. The summed E-state index contributed by atoms with van der Waals surface area (Å²) in [6.07, 6.45) is 7.34. The highest BCUT2D eigenvalue weighted by molar-refractivity contribution is 5.29. The molecule has 2 N–H and O–H groups in total. The van der Waals surface area contributed by atoms with E-state index in [2.05, 4.69) is 26.7 Å². The van der Waals surface area contributed by atoms with Crippen molar-refractivity contribution in [1.29, 1.82) is 0 Å². The molecular weight excluding hydrogens is 250 g/mol. The lowest BCUT2D eigenvalue weighted by Gasteiger charge is -2.44. The summed E-state index contributed by atoms with van der Waals surface area (Å²) < 4.78 is 0. The first-order valence-corrected chi connectivity index (χ1v) is 7.75. The number of piperazine rings is 1. The van der Waals surface area contributed by atoms with E-state index in [-0.39, 0.29) is 0 Å². The lowest BCUT2D eigenvalue weighted by Crippen LogP contribution is -2.57. The average molecular weight is 275 g/mol.